The minimum atomic E-state index is 0.312. The van der Waals surface area contributed by atoms with Gasteiger partial charge in [0, 0.05) is 10.8 Å². The summed E-state index contributed by atoms with van der Waals surface area (Å²) in [6.07, 6.45) is 1.13. The molecule has 0 spiro atoms. The lowest BCUT2D eigenvalue weighted by Gasteiger charge is -1.96. The van der Waals surface area contributed by atoms with E-state index in [4.69, 9.17) is 10.3 Å². The van der Waals surface area contributed by atoms with Crippen molar-refractivity contribution in [2.75, 3.05) is 5.73 Å². The lowest BCUT2D eigenvalue weighted by Crippen LogP contribution is -1.92. The first-order valence-corrected chi connectivity index (χ1v) is 6.91. The van der Waals surface area contributed by atoms with Crippen LogP contribution in [0, 0.1) is 19.3 Å². The third-order valence-corrected chi connectivity index (χ3v) is 4.93. The summed E-state index contributed by atoms with van der Waals surface area (Å²) >= 11 is 1.57. The van der Waals surface area contributed by atoms with Gasteiger partial charge in [-0.2, -0.15) is 4.98 Å². The van der Waals surface area contributed by atoms with Crippen LogP contribution in [-0.4, -0.2) is 10.1 Å². The zero-order valence-corrected chi connectivity index (χ0v) is 11.9. The minimum absolute atomic E-state index is 0.312. The van der Waals surface area contributed by atoms with Crippen molar-refractivity contribution in [1.82, 2.24) is 10.1 Å². The van der Waals surface area contributed by atoms with Crippen LogP contribution in [-0.2, 0) is 0 Å². The molecule has 2 aromatic rings. The molecule has 18 heavy (non-hydrogen) atoms. The van der Waals surface area contributed by atoms with Crippen LogP contribution >= 0.6 is 11.3 Å². The predicted molar refractivity (Wildman–Crippen MR) is 72.6 cm³/mol. The average molecular weight is 263 g/mol. The third-order valence-electron chi connectivity index (χ3n) is 3.89. The van der Waals surface area contributed by atoms with Gasteiger partial charge in [-0.1, -0.05) is 19.0 Å². The number of aryl methyl sites for hydroxylation is 1. The standard InChI is InChI=1S/C13H17N3OS/c1-6-7(2)18-10(14)9(6)12-15-11(16-17-12)8-5-13(8,3)4/h8H,5,14H2,1-4H3. The van der Waals surface area contributed by atoms with Crippen molar-refractivity contribution >= 4 is 16.3 Å². The first kappa shape index (κ1) is 11.7. The normalized spacial score (nSPS) is 21.2. The fourth-order valence-electron chi connectivity index (χ4n) is 2.31. The van der Waals surface area contributed by atoms with Gasteiger partial charge < -0.3 is 10.3 Å². The number of nitrogens with zero attached hydrogens (tertiary/aromatic N) is 2. The molecule has 0 bridgehead atoms. The van der Waals surface area contributed by atoms with E-state index in [2.05, 4.69) is 30.9 Å². The molecule has 0 radical (unpaired) electrons. The van der Waals surface area contributed by atoms with Crippen LogP contribution in [0.2, 0.25) is 0 Å². The van der Waals surface area contributed by atoms with Crippen molar-refractivity contribution in [2.24, 2.45) is 5.41 Å². The quantitative estimate of drug-likeness (QED) is 0.900. The lowest BCUT2D eigenvalue weighted by molar-refractivity contribution is 0.419. The fraction of sp³-hybridized carbons (Fsp3) is 0.538. The number of hydrogen-bond acceptors (Lipinski definition) is 5. The van der Waals surface area contributed by atoms with Crippen molar-refractivity contribution < 1.29 is 4.52 Å². The SMILES string of the molecule is Cc1sc(N)c(-c2nc(C3CC3(C)C)no2)c1C. The number of thiophene rings is 1. The fourth-order valence-corrected chi connectivity index (χ4v) is 3.23. The van der Waals surface area contributed by atoms with Gasteiger partial charge >= 0.3 is 0 Å². The van der Waals surface area contributed by atoms with Crippen molar-refractivity contribution in [3.05, 3.63) is 16.3 Å². The number of aromatic nitrogens is 2. The first-order valence-electron chi connectivity index (χ1n) is 6.09. The highest BCUT2D eigenvalue weighted by Gasteiger charge is 2.49. The topological polar surface area (TPSA) is 64.9 Å². The maximum atomic E-state index is 6.02. The number of nitrogens with two attached hydrogens (primary N) is 1. The van der Waals surface area contributed by atoms with E-state index in [9.17, 15) is 0 Å². The molecule has 1 aliphatic rings. The van der Waals surface area contributed by atoms with E-state index in [0.29, 0.717) is 17.2 Å². The third kappa shape index (κ3) is 1.65. The van der Waals surface area contributed by atoms with Crippen LogP contribution in [0.5, 0.6) is 0 Å². The molecule has 0 aromatic carbocycles. The van der Waals surface area contributed by atoms with E-state index in [0.717, 1.165) is 28.4 Å². The molecule has 1 fully saturated rings. The molecule has 2 heterocycles. The van der Waals surface area contributed by atoms with E-state index < -0.39 is 0 Å². The van der Waals surface area contributed by atoms with Crippen LogP contribution in [0.15, 0.2) is 4.52 Å². The second-order valence-electron chi connectivity index (χ2n) is 5.73. The Morgan fingerprint density at radius 2 is 2.06 bits per heavy atom. The Hall–Kier alpha value is -1.36. The summed E-state index contributed by atoms with van der Waals surface area (Å²) in [4.78, 5) is 5.72. The molecule has 2 N–H and O–H groups in total. The molecule has 0 amide bonds. The Morgan fingerprint density at radius 3 is 2.56 bits per heavy atom. The summed E-state index contributed by atoms with van der Waals surface area (Å²) in [6, 6.07) is 0. The van der Waals surface area contributed by atoms with E-state index in [1.165, 1.54) is 4.88 Å². The molecule has 0 aliphatic heterocycles. The van der Waals surface area contributed by atoms with Gasteiger partial charge in [0.15, 0.2) is 5.82 Å². The predicted octanol–water partition coefficient (Wildman–Crippen LogP) is 3.51. The molecule has 1 atom stereocenters. The number of hydrogen-bond donors (Lipinski definition) is 1. The Kier molecular flexibility index (Phi) is 2.32. The Bertz CT molecular complexity index is 612. The summed E-state index contributed by atoms with van der Waals surface area (Å²) in [5, 5.41) is 4.86. The second-order valence-corrected chi connectivity index (χ2v) is 6.98. The smallest absolute Gasteiger partial charge is 0.261 e. The molecule has 3 rings (SSSR count). The molecule has 1 unspecified atom stereocenters. The van der Waals surface area contributed by atoms with Crippen molar-refractivity contribution in [1.29, 1.82) is 0 Å². The van der Waals surface area contributed by atoms with Crippen LogP contribution in [0.3, 0.4) is 0 Å². The first-order chi connectivity index (χ1) is 8.40. The summed E-state index contributed by atoms with van der Waals surface area (Å²) in [5.41, 5.74) is 8.38. The van der Waals surface area contributed by atoms with Crippen LogP contribution in [0.4, 0.5) is 5.00 Å². The monoisotopic (exact) mass is 263 g/mol. The largest absolute Gasteiger partial charge is 0.390 e. The number of rotatable bonds is 2. The Morgan fingerprint density at radius 1 is 1.39 bits per heavy atom. The van der Waals surface area contributed by atoms with Gasteiger partial charge in [0.25, 0.3) is 5.89 Å². The minimum Gasteiger partial charge on any atom is -0.390 e. The average Bonchev–Trinajstić information content (AvgIpc) is 2.64. The molecule has 1 saturated carbocycles. The van der Waals surface area contributed by atoms with Gasteiger partial charge in [0.05, 0.1) is 10.6 Å². The highest BCUT2D eigenvalue weighted by molar-refractivity contribution is 7.16. The summed E-state index contributed by atoms with van der Waals surface area (Å²) in [7, 11) is 0. The molecule has 96 valence electrons. The molecule has 4 nitrogen and oxygen atoms in total. The van der Waals surface area contributed by atoms with Gasteiger partial charge in [0.2, 0.25) is 0 Å². The molecule has 2 aromatic heterocycles. The Labute approximate surface area is 110 Å². The van der Waals surface area contributed by atoms with Crippen LogP contribution < -0.4 is 5.73 Å². The van der Waals surface area contributed by atoms with Gasteiger partial charge in [0.1, 0.15) is 0 Å². The molecule has 0 saturated heterocycles. The van der Waals surface area contributed by atoms with Gasteiger partial charge in [-0.05, 0) is 31.2 Å². The zero-order valence-electron chi connectivity index (χ0n) is 11.1. The Balaban J connectivity index is 1.99. The summed E-state index contributed by atoms with van der Waals surface area (Å²) in [6.45, 7) is 8.55. The van der Waals surface area contributed by atoms with Crippen LogP contribution in [0.1, 0.15) is 42.5 Å². The van der Waals surface area contributed by atoms with Crippen molar-refractivity contribution in [2.45, 2.75) is 40.0 Å². The summed E-state index contributed by atoms with van der Waals surface area (Å²) in [5.74, 6) is 1.81. The highest BCUT2D eigenvalue weighted by atomic mass is 32.1. The molecular formula is C13H17N3OS. The maximum absolute atomic E-state index is 6.02. The van der Waals surface area contributed by atoms with Gasteiger partial charge in [-0.3, -0.25) is 0 Å². The van der Waals surface area contributed by atoms with E-state index in [1.807, 2.05) is 6.92 Å². The van der Waals surface area contributed by atoms with Gasteiger partial charge in [-0.15, -0.1) is 11.3 Å². The van der Waals surface area contributed by atoms with Crippen molar-refractivity contribution in [3.8, 4) is 11.5 Å². The van der Waals surface area contributed by atoms with Crippen molar-refractivity contribution in [3.63, 3.8) is 0 Å². The number of nitrogen functional groups attached to an aromatic ring is 1. The van der Waals surface area contributed by atoms with Gasteiger partial charge in [-0.25, -0.2) is 0 Å². The second kappa shape index (κ2) is 3.57. The zero-order chi connectivity index (χ0) is 13.1. The lowest BCUT2D eigenvalue weighted by atomic mass is 10.1. The maximum Gasteiger partial charge on any atom is 0.261 e. The van der Waals surface area contributed by atoms with E-state index in [1.54, 1.807) is 11.3 Å². The molecular weight excluding hydrogens is 246 g/mol. The van der Waals surface area contributed by atoms with E-state index >= 15 is 0 Å². The highest BCUT2D eigenvalue weighted by Crippen LogP contribution is 2.57. The molecule has 1 aliphatic carbocycles. The van der Waals surface area contributed by atoms with E-state index in [-0.39, 0.29) is 0 Å². The number of anilines is 1. The molecule has 5 heteroatoms. The summed E-state index contributed by atoms with van der Waals surface area (Å²) < 4.78 is 5.39. The van der Waals surface area contributed by atoms with Crippen LogP contribution in [0.25, 0.3) is 11.5 Å².